The highest BCUT2D eigenvalue weighted by Crippen LogP contribution is 2.03. The van der Waals surface area contributed by atoms with Crippen molar-refractivity contribution >= 4 is 5.97 Å². The minimum Gasteiger partial charge on any atom is -0.459 e. The van der Waals surface area contributed by atoms with Crippen LogP contribution in [0.1, 0.15) is 39.5 Å². The number of aliphatic hydroxyl groups is 2. The molecule has 0 amide bonds. The van der Waals surface area contributed by atoms with Crippen LogP contribution in [0.25, 0.3) is 0 Å². The first-order chi connectivity index (χ1) is 11.1. The fourth-order valence-electron chi connectivity index (χ4n) is 1.70. The number of rotatable bonds is 12. The Morgan fingerprint density at radius 2 is 1.91 bits per heavy atom. The van der Waals surface area contributed by atoms with Crippen LogP contribution >= 0.6 is 0 Å². The van der Waals surface area contributed by atoms with Gasteiger partial charge in [0.1, 0.15) is 24.4 Å². The second kappa shape index (κ2) is 13.8. The molecular formula is C17H28N2O4. The van der Waals surface area contributed by atoms with Gasteiger partial charge in [-0.1, -0.05) is 26.7 Å². The second-order valence-corrected chi connectivity index (χ2v) is 5.21. The molecule has 0 heterocycles. The Balaban J connectivity index is 4.62. The highest BCUT2D eigenvalue weighted by atomic mass is 16.5. The van der Waals surface area contributed by atoms with Crippen molar-refractivity contribution in [1.82, 2.24) is 4.90 Å². The van der Waals surface area contributed by atoms with Crippen molar-refractivity contribution in [1.29, 1.82) is 5.26 Å². The smallest absolute Gasteiger partial charge is 0.348 e. The van der Waals surface area contributed by atoms with Gasteiger partial charge in [0.2, 0.25) is 0 Å². The molecule has 0 bridgehead atoms. The first kappa shape index (κ1) is 21.2. The Kier molecular flexibility index (Phi) is 12.7. The summed E-state index contributed by atoms with van der Waals surface area (Å²) in [6.45, 7) is 5.31. The van der Waals surface area contributed by atoms with E-state index in [1.807, 2.05) is 6.20 Å². The molecule has 0 saturated carbocycles. The average Bonchev–Trinajstić information content (AvgIpc) is 2.57. The van der Waals surface area contributed by atoms with E-state index in [9.17, 15) is 4.79 Å². The van der Waals surface area contributed by atoms with Gasteiger partial charge in [0, 0.05) is 13.1 Å². The second-order valence-electron chi connectivity index (χ2n) is 5.21. The maximum absolute atomic E-state index is 11.7. The summed E-state index contributed by atoms with van der Waals surface area (Å²) in [5.74, 6) is -0.807. The number of hydrogen-bond donors (Lipinski definition) is 2. The molecule has 1 atom stereocenters. The van der Waals surface area contributed by atoms with Gasteiger partial charge in [-0.05, 0) is 31.2 Å². The van der Waals surface area contributed by atoms with Gasteiger partial charge in [0.25, 0.3) is 0 Å². The van der Waals surface area contributed by atoms with Crippen molar-refractivity contribution in [2.45, 2.75) is 45.6 Å². The predicted octanol–water partition coefficient (Wildman–Crippen LogP) is 1.75. The Morgan fingerprint density at radius 1 is 1.30 bits per heavy atom. The van der Waals surface area contributed by atoms with Crippen LogP contribution in [0.5, 0.6) is 0 Å². The van der Waals surface area contributed by atoms with E-state index < -0.39 is 18.7 Å². The first-order valence-electron chi connectivity index (χ1n) is 8.07. The van der Waals surface area contributed by atoms with Crippen LogP contribution in [-0.2, 0) is 9.53 Å². The van der Waals surface area contributed by atoms with Crippen LogP contribution in [0.15, 0.2) is 23.9 Å². The molecule has 2 N–H and O–H groups in total. The standard InChI is InChI=1S/C17H28N2O4/c1-3-5-9-19(10-6-4-2)11-7-8-15(12-18)17(22)23-14-16(21)13-20/h7-8,11,16,20-21H,3-6,9-10,13-14H2,1-2H3/b11-7+,15-8+. The highest BCUT2D eigenvalue weighted by molar-refractivity contribution is 5.93. The summed E-state index contributed by atoms with van der Waals surface area (Å²) in [6.07, 6.45) is 8.19. The fourth-order valence-corrected chi connectivity index (χ4v) is 1.70. The molecule has 0 rings (SSSR count). The fraction of sp³-hybridized carbons (Fsp3) is 0.647. The number of carbonyl (C=O) groups excluding carboxylic acids is 1. The van der Waals surface area contributed by atoms with Gasteiger partial charge in [-0.25, -0.2) is 4.79 Å². The lowest BCUT2D eigenvalue weighted by Gasteiger charge is -2.19. The number of carbonyl (C=O) groups is 1. The predicted molar refractivity (Wildman–Crippen MR) is 88.3 cm³/mol. The average molecular weight is 324 g/mol. The van der Waals surface area contributed by atoms with Crippen molar-refractivity contribution in [3.05, 3.63) is 23.9 Å². The normalized spacial score (nSPS) is 12.9. The summed E-state index contributed by atoms with van der Waals surface area (Å²) in [5, 5.41) is 26.8. The summed E-state index contributed by atoms with van der Waals surface area (Å²) < 4.78 is 4.75. The molecule has 0 fully saturated rings. The molecule has 0 spiro atoms. The van der Waals surface area contributed by atoms with Crippen LogP contribution in [0.3, 0.4) is 0 Å². The van der Waals surface area contributed by atoms with Crippen LogP contribution in [0, 0.1) is 11.3 Å². The molecule has 0 saturated heterocycles. The molecule has 0 aromatic rings. The maximum Gasteiger partial charge on any atom is 0.348 e. The van der Waals surface area contributed by atoms with Crippen LogP contribution < -0.4 is 0 Å². The molecule has 0 aliphatic carbocycles. The monoisotopic (exact) mass is 324 g/mol. The van der Waals surface area contributed by atoms with Gasteiger partial charge in [-0.3, -0.25) is 0 Å². The lowest BCUT2D eigenvalue weighted by atomic mass is 10.2. The van der Waals surface area contributed by atoms with Crippen LogP contribution in [-0.4, -0.2) is 53.5 Å². The molecule has 6 nitrogen and oxygen atoms in total. The molecule has 23 heavy (non-hydrogen) atoms. The van der Waals surface area contributed by atoms with E-state index in [0.717, 1.165) is 38.8 Å². The largest absolute Gasteiger partial charge is 0.459 e. The van der Waals surface area contributed by atoms with E-state index in [4.69, 9.17) is 20.2 Å². The van der Waals surface area contributed by atoms with Crippen molar-refractivity contribution < 1.29 is 19.7 Å². The number of unbranched alkanes of at least 4 members (excludes halogenated alkanes) is 2. The molecular weight excluding hydrogens is 296 g/mol. The Labute approximate surface area is 138 Å². The molecule has 0 aromatic carbocycles. The van der Waals surface area contributed by atoms with Crippen LogP contribution in [0.4, 0.5) is 0 Å². The van der Waals surface area contributed by atoms with Crippen molar-refractivity contribution in [3.63, 3.8) is 0 Å². The van der Waals surface area contributed by atoms with E-state index >= 15 is 0 Å². The lowest BCUT2D eigenvalue weighted by molar-refractivity contribution is -0.142. The van der Waals surface area contributed by atoms with Gasteiger partial charge in [0.05, 0.1) is 6.61 Å². The third-order valence-electron chi connectivity index (χ3n) is 3.12. The number of allylic oxidation sites excluding steroid dienone is 2. The number of ether oxygens (including phenoxy) is 1. The van der Waals surface area contributed by atoms with Gasteiger partial charge in [0.15, 0.2) is 0 Å². The summed E-state index contributed by atoms with van der Waals surface area (Å²) in [5.41, 5.74) is -0.141. The van der Waals surface area contributed by atoms with Crippen molar-refractivity contribution in [2.24, 2.45) is 0 Å². The number of nitriles is 1. The van der Waals surface area contributed by atoms with E-state index in [2.05, 4.69) is 18.7 Å². The van der Waals surface area contributed by atoms with Crippen molar-refractivity contribution in [2.75, 3.05) is 26.3 Å². The Bertz CT molecular complexity index is 419. The van der Waals surface area contributed by atoms with Gasteiger partial charge in [-0.2, -0.15) is 5.26 Å². The Hall–Kier alpha value is -1.84. The summed E-state index contributed by atoms with van der Waals surface area (Å²) in [7, 11) is 0. The minimum atomic E-state index is -1.13. The van der Waals surface area contributed by atoms with Crippen molar-refractivity contribution in [3.8, 4) is 6.07 Å². The zero-order chi connectivity index (χ0) is 17.5. The Morgan fingerprint density at radius 3 is 2.39 bits per heavy atom. The number of aliphatic hydroxyl groups excluding tert-OH is 2. The quantitative estimate of drug-likeness (QED) is 0.246. The molecule has 0 aromatic heterocycles. The van der Waals surface area contributed by atoms with E-state index in [0.29, 0.717) is 0 Å². The van der Waals surface area contributed by atoms with E-state index in [1.54, 1.807) is 12.1 Å². The van der Waals surface area contributed by atoms with Crippen LogP contribution in [0.2, 0.25) is 0 Å². The minimum absolute atomic E-state index is 0.141. The lowest BCUT2D eigenvalue weighted by Crippen LogP contribution is -2.22. The number of hydrogen-bond acceptors (Lipinski definition) is 6. The van der Waals surface area contributed by atoms with E-state index in [-0.39, 0.29) is 12.2 Å². The molecule has 6 heteroatoms. The molecule has 0 aliphatic heterocycles. The summed E-state index contributed by atoms with van der Waals surface area (Å²) in [4.78, 5) is 13.8. The first-order valence-corrected chi connectivity index (χ1v) is 8.07. The third kappa shape index (κ3) is 10.5. The number of nitrogens with zero attached hydrogens (tertiary/aromatic N) is 2. The molecule has 1 unspecified atom stereocenters. The SMILES string of the molecule is CCCCN(/C=C/C=C(\C#N)C(=O)OCC(O)CO)CCCC. The topological polar surface area (TPSA) is 93.8 Å². The maximum atomic E-state index is 11.7. The van der Waals surface area contributed by atoms with Gasteiger partial charge >= 0.3 is 5.97 Å². The van der Waals surface area contributed by atoms with Gasteiger partial charge in [-0.15, -0.1) is 0 Å². The summed E-state index contributed by atoms with van der Waals surface area (Å²) in [6, 6.07) is 1.78. The van der Waals surface area contributed by atoms with E-state index in [1.165, 1.54) is 6.08 Å². The molecule has 0 aliphatic rings. The number of esters is 1. The molecule has 0 radical (unpaired) electrons. The zero-order valence-electron chi connectivity index (χ0n) is 14.1. The highest BCUT2D eigenvalue weighted by Gasteiger charge is 2.12. The zero-order valence-corrected chi connectivity index (χ0v) is 14.1. The summed E-state index contributed by atoms with van der Waals surface area (Å²) >= 11 is 0. The third-order valence-corrected chi connectivity index (χ3v) is 3.12. The van der Waals surface area contributed by atoms with Gasteiger partial charge < -0.3 is 19.8 Å². The molecule has 130 valence electrons.